The maximum Gasteiger partial charge on any atom is 0.243 e. The molecule has 1 aliphatic rings. The number of hydrogen-bond acceptors (Lipinski definition) is 3. The van der Waals surface area contributed by atoms with Gasteiger partial charge in [-0.05, 0) is 46.8 Å². The molecule has 2 unspecified atom stereocenters. The van der Waals surface area contributed by atoms with Crippen molar-refractivity contribution in [2.45, 2.75) is 38.6 Å². The third-order valence-electron chi connectivity index (χ3n) is 3.74. The zero-order valence-electron chi connectivity index (χ0n) is 10.4. The minimum atomic E-state index is 0.509. The van der Waals surface area contributed by atoms with Crippen molar-refractivity contribution < 1.29 is 0 Å². The van der Waals surface area contributed by atoms with Gasteiger partial charge in [0.25, 0.3) is 0 Å². The first-order chi connectivity index (χ1) is 8.74. The highest BCUT2D eigenvalue weighted by Crippen LogP contribution is 2.26. The van der Waals surface area contributed by atoms with E-state index in [1.807, 2.05) is 18.3 Å². The Kier molecular flexibility index (Phi) is 3.24. The first-order valence-corrected chi connectivity index (χ1v) is 7.31. The van der Waals surface area contributed by atoms with Crippen molar-refractivity contribution in [1.82, 2.24) is 14.6 Å². The van der Waals surface area contributed by atoms with Gasteiger partial charge in [0.05, 0.1) is 4.47 Å². The van der Waals surface area contributed by atoms with E-state index >= 15 is 0 Å². The molecule has 1 N–H and O–H groups in total. The largest absolute Gasteiger partial charge is 0.350 e. The van der Waals surface area contributed by atoms with E-state index in [1.54, 1.807) is 4.52 Å². The van der Waals surface area contributed by atoms with Gasteiger partial charge in [-0.25, -0.2) is 4.52 Å². The van der Waals surface area contributed by atoms with Crippen molar-refractivity contribution in [3.05, 3.63) is 22.8 Å². The summed E-state index contributed by atoms with van der Waals surface area (Å²) in [6, 6.07) is 4.45. The molecule has 0 radical (unpaired) electrons. The number of aromatic nitrogens is 3. The lowest BCUT2D eigenvalue weighted by Gasteiger charge is -2.28. The Balaban J connectivity index is 1.84. The standard InChI is InChI=1S/C13H17BrN4/c1-9-5-2-3-7-11(9)15-13-16-12-10(14)6-4-8-18(12)17-13/h4,6,8-9,11H,2-3,5,7H2,1H3,(H,15,17). The van der Waals surface area contributed by atoms with Crippen LogP contribution in [0.15, 0.2) is 22.8 Å². The molecule has 1 saturated carbocycles. The molecule has 0 bridgehead atoms. The molecule has 0 amide bonds. The van der Waals surface area contributed by atoms with Crippen LogP contribution in [0, 0.1) is 5.92 Å². The van der Waals surface area contributed by atoms with Gasteiger partial charge in [0.15, 0.2) is 5.65 Å². The van der Waals surface area contributed by atoms with E-state index in [9.17, 15) is 0 Å². The topological polar surface area (TPSA) is 42.2 Å². The Morgan fingerprint density at radius 2 is 2.22 bits per heavy atom. The number of hydrogen-bond donors (Lipinski definition) is 1. The van der Waals surface area contributed by atoms with Gasteiger partial charge in [-0.2, -0.15) is 4.98 Å². The summed E-state index contributed by atoms with van der Waals surface area (Å²) in [5, 5.41) is 7.95. The van der Waals surface area contributed by atoms with Crippen LogP contribution in [0.2, 0.25) is 0 Å². The number of nitrogens with zero attached hydrogens (tertiary/aromatic N) is 3. The zero-order chi connectivity index (χ0) is 12.5. The minimum absolute atomic E-state index is 0.509. The molecule has 18 heavy (non-hydrogen) atoms. The summed E-state index contributed by atoms with van der Waals surface area (Å²) in [5.41, 5.74) is 0.864. The van der Waals surface area contributed by atoms with Gasteiger partial charge in [0, 0.05) is 12.2 Å². The van der Waals surface area contributed by atoms with E-state index in [0.717, 1.165) is 16.1 Å². The predicted molar refractivity (Wildman–Crippen MR) is 75.7 cm³/mol. The van der Waals surface area contributed by atoms with Crippen LogP contribution in [0.4, 0.5) is 5.95 Å². The van der Waals surface area contributed by atoms with Crippen molar-refractivity contribution in [3.63, 3.8) is 0 Å². The molecule has 2 heterocycles. The molecule has 2 atom stereocenters. The van der Waals surface area contributed by atoms with Crippen LogP contribution >= 0.6 is 15.9 Å². The van der Waals surface area contributed by atoms with Crippen LogP contribution in [0.3, 0.4) is 0 Å². The number of nitrogens with one attached hydrogen (secondary N) is 1. The second-order valence-corrected chi connectivity index (χ2v) is 5.93. The molecule has 5 heteroatoms. The molecule has 1 fully saturated rings. The summed E-state index contributed by atoms with van der Waals surface area (Å²) in [6.07, 6.45) is 7.09. The Bertz CT molecular complexity index is 551. The first kappa shape index (κ1) is 12.0. The lowest BCUT2D eigenvalue weighted by Crippen LogP contribution is -2.30. The fourth-order valence-corrected chi connectivity index (χ4v) is 3.05. The third-order valence-corrected chi connectivity index (χ3v) is 4.36. The van der Waals surface area contributed by atoms with Crippen molar-refractivity contribution >= 4 is 27.5 Å². The van der Waals surface area contributed by atoms with Gasteiger partial charge >= 0.3 is 0 Å². The van der Waals surface area contributed by atoms with Crippen molar-refractivity contribution in [2.24, 2.45) is 5.92 Å². The lowest BCUT2D eigenvalue weighted by atomic mass is 9.86. The van der Waals surface area contributed by atoms with Crippen molar-refractivity contribution in [1.29, 1.82) is 0 Å². The van der Waals surface area contributed by atoms with Crippen LogP contribution in [0.1, 0.15) is 32.6 Å². The first-order valence-electron chi connectivity index (χ1n) is 6.51. The molecule has 0 aliphatic heterocycles. The van der Waals surface area contributed by atoms with E-state index in [4.69, 9.17) is 0 Å². The molecular weight excluding hydrogens is 292 g/mol. The quantitative estimate of drug-likeness (QED) is 0.923. The molecule has 4 nitrogen and oxygen atoms in total. The summed E-state index contributed by atoms with van der Waals surface area (Å²) in [4.78, 5) is 4.53. The molecule has 0 spiro atoms. The monoisotopic (exact) mass is 308 g/mol. The van der Waals surface area contributed by atoms with Gasteiger partial charge in [-0.15, -0.1) is 5.10 Å². The van der Waals surface area contributed by atoms with Gasteiger partial charge in [-0.3, -0.25) is 0 Å². The summed E-state index contributed by atoms with van der Waals surface area (Å²) in [6.45, 7) is 2.31. The van der Waals surface area contributed by atoms with Crippen LogP contribution in [0.25, 0.3) is 5.65 Å². The van der Waals surface area contributed by atoms with Crippen LogP contribution < -0.4 is 5.32 Å². The van der Waals surface area contributed by atoms with Gasteiger partial charge < -0.3 is 5.32 Å². The molecule has 0 saturated heterocycles. The fourth-order valence-electron chi connectivity index (χ4n) is 2.63. The number of rotatable bonds is 2. The highest BCUT2D eigenvalue weighted by molar-refractivity contribution is 9.10. The Hall–Kier alpha value is -1.10. The van der Waals surface area contributed by atoms with Crippen LogP contribution in [-0.2, 0) is 0 Å². The Morgan fingerprint density at radius 3 is 3.00 bits per heavy atom. The maximum absolute atomic E-state index is 4.53. The summed E-state index contributed by atoms with van der Waals surface area (Å²) < 4.78 is 2.78. The van der Waals surface area contributed by atoms with Crippen molar-refractivity contribution in [2.75, 3.05) is 5.32 Å². The van der Waals surface area contributed by atoms with E-state index < -0.39 is 0 Å². The number of pyridine rings is 1. The van der Waals surface area contributed by atoms with Gasteiger partial charge in [0.1, 0.15) is 0 Å². The van der Waals surface area contributed by atoms with E-state index in [2.05, 4.69) is 38.3 Å². The van der Waals surface area contributed by atoms with E-state index in [-0.39, 0.29) is 0 Å². The molecular formula is C13H17BrN4. The normalized spacial score (nSPS) is 24.3. The molecule has 0 aromatic carbocycles. The minimum Gasteiger partial charge on any atom is -0.350 e. The molecule has 3 rings (SSSR count). The highest BCUT2D eigenvalue weighted by atomic mass is 79.9. The zero-order valence-corrected chi connectivity index (χ0v) is 12.0. The average Bonchev–Trinajstić information content (AvgIpc) is 2.76. The average molecular weight is 309 g/mol. The molecule has 1 aliphatic carbocycles. The Morgan fingerprint density at radius 1 is 1.39 bits per heavy atom. The molecule has 2 aromatic heterocycles. The smallest absolute Gasteiger partial charge is 0.243 e. The highest BCUT2D eigenvalue weighted by Gasteiger charge is 2.22. The molecule has 2 aromatic rings. The van der Waals surface area contributed by atoms with Crippen LogP contribution in [-0.4, -0.2) is 20.6 Å². The fraction of sp³-hybridized carbons (Fsp3) is 0.538. The molecule has 96 valence electrons. The number of fused-ring (bicyclic) bond motifs is 1. The van der Waals surface area contributed by atoms with Crippen molar-refractivity contribution in [3.8, 4) is 0 Å². The summed E-state index contributed by atoms with van der Waals surface area (Å²) in [7, 11) is 0. The third kappa shape index (κ3) is 2.23. The summed E-state index contributed by atoms with van der Waals surface area (Å²) in [5.74, 6) is 1.44. The maximum atomic E-state index is 4.53. The van der Waals surface area contributed by atoms with Gasteiger partial charge in [-0.1, -0.05) is 19.8 Å². The van der Waals surface area contributed by atoms with E-state index in [1.165, 1.54) is 25.7 Å². The number of anilines is 1. The predicted octanol–water partition coefficient (Wildman–Crippen LogP) is 3.48. The van der Waals surface area contributed by atoms with E-state index in [0.29, 0.717) is 12.0 Å². The number of halogens is 1. The van der Waals surface area contributed by atoms with Crippen LogP contribution in [0.5, 0.6) is 0 Å². The SMILES string of the molecule is CC1CCCCC1Nc1nc2c(Br)cccn2n1. The van der Waals surface area contributed by atoms with Gasteiger partial charge in [0.2, 0.25) is 5.95 Å². The Labute approximate surface area is 115 Å². The summed E-state index contributed by atoms with van der Waals surface area (Å²) >= 11 is 3.50. The lowest BCUT2D eigenvalue weighted by molar-refractivity contribution is 0.348. The second kappa shape index (κ2) is 4.88. The second-order valence-electron chi connectivity index (χ2n) is 5.07.